The van der Waals surface area contributed by atoms with Gasteiger partial charge >= 0.3 is 0 Å². The third-order valence-corrected chi connectivity index (χ3v) is 5.45. The second-order valence-electron chi connectivity index (χ2n) is 7.68. The first kappa shape index (κ1) is 26.2. The van der Waals surface area contributed by atoms with Gasteiger partial charge in [-0.05, 0) is 66.6 Å². The van der Waals surface area contributed by atoms with Gasteiger partial charge in [0.2, 0.25) is 11.7 Å². The fraction of sp³-hybridized carbons (Fsp3) is 0.259. The molecule has 0 spiro atoms. The van der Waals surface area contributed by atoms with Gasteiger partial charge in [-0.15, -0.1) is 0 Å². The topological polar surface area (TPSA) is 104 Å². The molecule has 2 N–H and O–H groups in total. The van der Waals surface area contributed by atoms with E-state index in [0.717, 1.165) is 5.56 Å². The van der Waals surface area contributed by atoms with Gasteiger partial charge in [-0.3, -0.25) is 9.59 Å². The number of carbonyl (C=O) groups is 2. The molecule has 9 nitrogen and oxygen atoms in total. The Kier molecular flexibility index (Phi) is 8.99. The van der Waals surface area contributed by atoms with Crippen molar-refractivity contribution in [2.24, 2.45) is 0 Å². The van der Waals surface area contributed by atoms with Crippen molar-refractivity contribution in [3.05, 3.63) is 65.7 Å². The first-order chi connectivity index (χ1) is 17.4. The van der Waals surface area contributed by atoms with Crippen LogP contribution < -0.4 is 34.3 Å². The molecule has 3 rings (SSSR count). The van der Waals surface area contributed by atoms with Gasteiger partial charge in [-0.25, -0.2) is 0 Å². The SMILES string of the molecule is COc1ccc(C(=O)Nc2cc(NC(=O)CCc3cc(OC)c(OC)c(OC)c3)ccc2OC)cc1. The van der Waals surface area contributed by atoms with Gasteiger partial charge in [-0.2, -0.15) is 0 Å². The van der Waals surface area contributed by atoms with Crippen molar-refractivity contribution >= 4 is 23.2 Å². The second-order valence-corrected chi connectivity index (χ2v) is 7.68. The number of aryl methyl sites for hydroxylation is 1. The highest BCUT2D eigenvalue weighted by Gasteiger charge is 2.15. The monoisotopic (exact) mass is 494 g/mol. The minimum absolute atomic E-state index is 0.193. The van der Waals surface area contributed by atoms with E-state index in [-0.39, 0.29) is 18.2 Å². The summed E-state index contributed by atoms with van der Waals surface area (Å²) >= 11 is 0. The van der Waals surface area contributed by atoms with Crippen molar-refractivity contribution in [2.75, 3.05) is 46.2 Å². The summed E-state index contributed by atoms with van der Waals surface area (Å²) in [4.78, 5) is 25.4. The number of amides is 2. The fourth-order valence-corrected chi connectivity index (χ4v) is 3.58. The normalized spacial score (nSPS) is 10.2. The molecule has 0 aliphatic carbocycles. The number of hydrogen-bond donors (Lipinski definition) is 2. The van der Waals surface area contributed by atoms with Crippen LogP contribution in [0.4, 0.5) is 11.4 Å². The van der Waals surface area contributed by atoms with Crippen LogP contribution in [-0.2, 0) is 11.2 Å². The number of carbonyl (C=O) groups excluding carboxylic acids is 2. The number of anilines is 2. The number of nitrogens with one attached hydrogen (secondary N) is 2. The van der Waals surface area contributed by atoms with Crippen molar-refractivity contribution in [1.29, 1.82) is 0 Å². The van der Waals surface area contributed by atoms with Gasteiger partial charge in [0.25, 0.3) is 5.91 Å². The quantitative estimate of drug-likeness (QED) is 0.403. The molecule has 2 amide bonds. The smallest absolute Gasteiger partial charge is 0.255 e. The van der Waals surface area contributed by atoms with Gasteiger partial charge in [0.15, 0.2) is 11.5 Å². The van der Waals surface area contributed by atoms with E-state index in [1.165, 1.54) is 14.2 Å². The minimum atomic E-state index is -0.318. The lowest BCUT2D eigenvalue weighted by Crippen LogP contribution is -2.15. The summed E-state index contributed by atoms with van der Waals surface area (Å²) in [5, 5.41) is 5.69. The summed E-state index contributed by atoms with van der Waals surface area (Å²) in [6, 6.07) is 15.4. The first-order valence-corrected chi connectivity index (χ1v) is 11.1. The summed E-state index contributed by atoms with van der Waals surface area (Å²) in [6.45, 7) is 0. The van der Waals surface area contributed by atoms with Crippen LogP contribution in [0.3, 0.4) is 0 Å². The van der Waals surface area contributed by atoms with Crippen molar-refractivity contribution in [3.63, 3.8) is 0 Å². The largest absolute Gasteiger partial charge is 0.497 e. The van der Waals surface area contributed by atoms with Gasteiger partial charge in [0.1, 0.15) is 11.5 Å². The molecule has 0 saturated heterocycles. The molecule has 0 saturated carbocycles. The van der Waals surface area contributed by atoms with Crippen molar-refractivity contribution in [1.82, 2.24) is 0 Å². The Morgan fingerprint density at radius 2 is 1.33 bits per heavy atom. The Bertz CT molecular complexity index is 1180. The Labute approximate surface area is 210 Å². The van der Waals surface area contributed by atoms with Gasteiger partial charge in [0.05, 0.1) is 41.2 Å². The summed E-state index contributed by atoms with van der Waals surface area (Å²) in [5.41, 5.74) is 2.27. The lowest BCUT2D eigenvalue weighted by Gasteiger charge is -2.14. The number of hydrogen-bond acceptors (Lipinski definition) is 7. The summed E-state index contributed by atoms with van der Waals surface area (Å²) in [6.07, 6.45) is 0.679. The van der Waals surface area contributed by atoms with E-state index in [1.807, 2.05) is 12.1 Å². The van der Waals surface area contributed by atoms with Crippen LogP contribution in [0.15, 0.2) is 54.6 Å². The highest BCUT2D eigenvalue weighted by atomic mass is 16.5. The van der Waals surface area contributed by atoms with E-state index < -0.39 is 0 Å². The molecule has 36 heavy (non-hydrogen) atoms. The zero-order valence-electron chi connectivity index (χ0n) is 21.0. The Balaban J connectivity index is 1.68. The van der Waals surface area contributed by atoms with Crippen molar-refractivity contribution < 1.29 is 33.3 Å². The number of rotatable bonds is 11. The van der Waals surface area contributed by atoms with Crippen LogP contribution >= 0.6 is 0 Å². The molecule has 0 heterocycles. The number of methoxy groups -OCH3 is 5. The van der Waals surface area contributed by atoms with E-state index >= 15 is 0 Å². The predicted octanol–water partition coefficient (Wildman–Crippen LogP) is 4.55. The van der Waals surface area contributed by atoms with Crippen LogP contribution in [0.1, 0.15) is 22.3 Å². The van der Waals surface area contributed by atoms with E-state index in [2.05, 4.69) is 10.6 Å². The molecule has 0 unspecified atom stereocenters. The third kappa shape index (κ3) is 6.38. The van der Waals surface area contributed by atoms with E-state index in [0.29, 0.717) is 52.1 Å². The third-order valence-electron chi connectivity index (χ3n) is 5.45. The van der Waals surface area contributed by atoms with E-state index in [9.17, 15) is 9.59 Å². The fourth-order valence-electron chi connectivity index (χ4n) is 3.58. The summed E-state index contributed by atoms with van der Waals surface area (Å²) in [7, 11) is 7.69. The molecule has 3 aromatic carbocycles. The molecule has 0 aliphatic heterocycles. The highest BCUT2D eigenvalue weighted by molar-refractivity contribution is 6.05. The van der Waals surface area contributed by atoms with Crippen LogP contribution in [0, 0.1) is 0 Å². The van der Waals surface area contributed by atoms with Crippen LogP contribution in [0.5, 0.6) is 28.7 Å². The average Bonchev–Trinajstić information content (AvgIpc) is 2.91. The Morgan fingerprint density at radius 1 is 0.694 bits per heavy atom. The zero-order chi connectivity index (χ0) is 26.1. The number of ether oxygens (including phenoxy) is 5. The average molecular weight is 495 g/mol. The second kappa shape index (κ2) is 12.3. The summed E-state index contributed by atoms with van der Waals surface area (Å²) in [5.74, 6) is 2.16. The number of benzene rings is 3. The molecular formula is C27H30N2O7. The molecule has 0 aromatic heterocycles. The Hall–Kier alpha value is -4.40. The maximum absolute atomic E-state index is 12.7. The van der Waals surface area contributed by atoms with Gasteiger partial charge in [0, 0.05) is 17.7 Å². The molecule has 9 heteroatoms. The lowest BCUT2D eigenvalue weighted by atomic mass is 10.1. The maximum atomic E-state index is 12.7. The first-order valence-electron chi connectivity index (χ1n) is 11.1. The molecule has 0 radical (unpaired) electrons. The van der Waals surface area contributed by atoms with Crippen molar-refractivity contribution in [2.45, 2.75) is 12.8 Å². The van der Waals surface area contributed by atoms with Crippen LogP contribution in [0.2, 0.25) is 0 Å². The molecule has 0 atom stereocenters. The van der Waals surface area contributed by atoms with Crippen LogP contribution in [0.25, 0.3) is 0 Å². The maximum Gasteiger partial charge on any atom is 0.255 e. The predicted molar refractivity (Wildman–Crippen MR) is 137 cm³/mol. The summed E-state index contributed by atoms with van der Waals surface area (Å²) < 4.78 is 26.6. The lowest BCUT2D eigenvalue weighted by molar-refractivity contribution is -0.116. The van der Waals surface area contributed by atoms with Crippen LogP contribution in [-0.4, -0.2) is 47.4 Å². The Morgan fingerprint density at radius 3 is 1.89 bits per heavy atom. The van der Waals surface area contributed by atoms with Gasteiger partial charge < -0.3 is 34.3 Å². The molecule has 190 valence electrons. The van der Waals surface area contributed by atoms with Crippen molar-refractivity contribution in [3.8, 4) is 28.7 Å². The zero-order valence-corrected chi connectivity index (χ0v) is 21.0. The molecule has 0 aliphatic rings. The van der Waals surface area contributed by atoms with E-state index in [4.69, 9.17) is 23.7 Å². The molecule has 0 fully saturated rings. The molecule has 0 bridgehead atoms. The van der Waals surface area contributed by atoms with E-state index in [1.54, 1.807) is 63.8 Å². The highest BCUT2D eigenvalue weighted by Crippen LogP contribution is 2.38. The minimum Gasteiger partial charge on any atom is -0.497 e. The van der Waals surface area contributed by atoms with Gasteiger partial charge in [-0.1, -0.05) is 0 Å². The standard InChI is InChI=1S/C27H30N2O7/c1-32-20-10-7-18(8-11-20)27(31)29-21-16-19(9-12-22(21)33-2)28-25(30)13-6-17-14-23(34-3)26(36-5)24(15-17)35-4/h7-12,14-16H,6,13H2,1-5H3,(H,28,30)(H,29,31). The molecule has 3 aromatic rings. The molecular weight excluding hydrogens is 464 g/mol.